The van der Waals surface area contributed by atoms with E-state index >= 15 is 0 Å². The van der Waals surface area contributed by atoms with E-state index in [0.29, 0.717) is 11.4 Å². The molecular formula is C19H20ClFN4OS. The second-order valence-corrected chi connectivity index (χ2v) is 7.33. The van der Waals surface area contributed by atoms with Crippen LogP contribution in [0, 0.1) is 12.7 Å². The highest BCUT2D eigenvalue weighted by Gasteiger charge is 2.17. The Kier molecular flexibility index (Phi) is 5.94. The summed E-state index contributed by atoms with van der Waals surface area (Å²) in [5.74, 6) is -0.358. The van der Waals surface area contributed by atoms with Crippen LogP contribution in [0.5, 0.6) is 0 Å². The van der Waals surface area contributed by atoms with Crippen LogP contribution in [0.4, 0.5) is 4.39 Å². The summed E-state index contributed by atoms with van der Waals surface area (Å²) in [6.07, 6.45) is 3.09. The first kappa shape index (κ1) is 19.5. The van der Waals surface area contributed by atoms with Gasteiger partial charge in [-0.3, -0.25) is 4.79 Å². The summed E-state index contributed by atoms with van der Waals surface area (Å²) in [6.45, 7) is 4.31. The van der Waals surface area contributed by atoms with Crippen molar-refractivity contribution in [3.63, 3.8) is 0 Å². The van der Waals surface area contributed by atoms with Crippen LogP contribution in [0.1, 0.15) is 21.8 Å². The maximum absolute atomic E-state index is 13.2. The van der Waals surface area contributed by atoms with Crippen molar-refractivity contribution in [3.05, 3.63) is 58.4 Å². The molecular weight excluding hydrogens is 387 g/mol. The van der Waals surface area contributed by atoms with Gasteiger partial charge in [-0.25, -0.2) is 9.07 Å². The largest absolute Gasteiger partial charge is 0.348 e. The lowest BCUT2D eigenvalue weighted by atomic mass is 10.1. The van der Waals surface area contributed by atoms with E-state index in [1.54, 1.807) is 16.8 Å². The second-order valence-electron chi connectivity index (χ2n) is 6.30. The highest BCUT2D eigenvalue weighted by Crippen LogP contribution is 2.30. The van der Waals surface area contributed by atoms with Gasteiger partial charge >= 0.3 is 0 Å². The average Bonchev–Trinajstić information content (AvgIpc) is 3.22. The first-order valence-electron chi connectivity index (χ1n) is 8.54. The molecule has 8 heteroatoms. The molecule has 1 aliphatic rings. The summed E-state index contributed by atoms with van der Waals surface area (Å²) in [5.41, 5.74) is 2.88. The predicted molar refractivity (Wildman–Crippen MR) is 109 cm³/mol. The van der Waals surface area contributed by atoms with Gasteiger partial charge < -0.3 is 10.6 Å². The van der Waals surface area contributed by atoms with Crippen LogP contribution in [-0.4, -0.2) is 35.3 Å². The molecule has 4 rings (SSSR count). The van der Waals surface area contributed by atoms with Crippen LogP contribution in [0.25, 0.3) is 15.9 Å². The van der Waals surface area contributed by atoms with Crippen LogP contribution in [0.2, 0.25) is 0 Å². The van der Waals surface area contributed by atoms with Crippen molar-refractivity contribution in [1.29, 1.82) is 0 Å². The number of benzene rings is 1. The van der Waals surface area contributed by atoms with Crippen molar-refractivity contribution >= 4 is 39.9 Å². The Hall–Kier alpha value is -2.22. The molecule has 2 aromatic heterocycles. The van der Waals surface area contributed by atoms with Gasteiger partial charge in [0, 0.05) is 18.5 Å². The molecule has 0 atom stereocenters. The van der Waals surface area contributed by atoms with E-state index in [1.165, 1.54) is 29.0 Å². The minimum Gasteiger partial charge on any atom is -0.348 e. The average molecular weight is 407 g/mol. The van der Waals surface area contributed by atoms with Gasteiger partial charge in [0.25, 0.3) is 5.91 Å². The van der Waals surface area contributed by atoms with Crippen molar-refractivity contribution in [2.45, 2.75) is 13.3 Å². The standard InChI is InChI=1S/C19H19FN4OS.ClH/c1-12-16-10-17(18(25)22-11-13-6-8-21-9-7-13)26-19(16)24(23-12)15-4-2-14(20)3-5-15;/h2-6,10,21H,7-9,11H2,1H3,(H,22,25);1H. The predicted octanol–water partition coefficient (Wildman–Crippen LogP) is 3.61. The minimum absolute atomic E-state index is 0. The summed E-state index contributed by atoms with van der Waals surface area (Å²) < 4.78 is 14.9. The number of carbonyl (C=O) groups excluding carboxylic acids is 1. The zero-order valence-corrected chi connectivity index (χ0v) is 16.4. The van der Waals surface area contributed by atoms with E-state index in [0.717, 1.165) is 41.1 Å². The topological polar surface area (TPSA) is 59.0 Å². The number of hydrogen-bond acceptors (Lipinski definition) is 4. The smallest absolute Gasteiger partial charge is 0.261 e. The lowest BCUT2D eigenvalue weighted by Gasteiger charge is -2.14. The Bertz CT molecular complexity index is 993. The first-order chi connectivity index (χ1) is 12.6. The number of hydrogen-bond donors (Lipinski definition) is 2. The summed E-state index contributed by atoms with van der Waals surface area (Å²) in [7, 11) is 0. The first-order valence-corrected chi connectivity index (χ1v) is 9.35. The molecule has 5 nitrogen and oxygen atoms in total. The molecule has 1 aromatic carbocycles. The molecule has 1 aliphatic heterocycles. The molecule has 0 bridgehead atoms. The minimum atomic E-state index is -0.285. The van der Waals surface area contributed by atoms with Crippen molar-refractivity contribution in [2.24, 2.45) is 0 Å². The number of halogens is 2. The van der Waals surface area contributed by atoms with Crippen LogP contribution in [0.3, 0.4) is 0 Å². The van der Waals surface area contributed by atoms with E-state index in [9.17, 15) is 9.18 Å². The third-order valence-electron chi connectivity index (χ3n) is 4.47. The van der Waals surface area contributed by atoms with Crippen LogP contribution in [0.15, 0.2) is 42.0 Å². The summed E-state index contributed by atoms with van der Waals surface area (Å²) in [5, 5.41) is 11.7. The van der Waals surface area contributed by atoms with Gasteiger partial charge in [0.05, 0.1) is 16.3 Å². The van der Waals surface area contributed by atoms with Gasteiger partial charge in [-0.2, -0.15) is 5.10 Å². The quantitative estimate of drug-likeness (QED) is 0.651. The SMILES string of the molecule is Cc1nn(-c2ccc(F)cc2)c2sc(C(=O)NCC3=CCNCC3)cc12.Cl. The fraction of sp³-hybridized carbons (Fsp3) is 0.263. The van der Waals surface area contributed by atoms with Crippen LogP contribution < -0.4 is 10.6 Å². The third kappa shape index (κ3) is 4.05. The monoisotopic (exact) mass is 406 g/mol. The Morgan fingerprint density at radius 1 is 1.37 bits per heavy atom. The zero-order chi connectivity index (χ0) is 18.1. The van der Waals surface area contributed by atoms with Gasteiger partial charge in [-0.1, -0.05) is 11.6 Å². The fourth-order valence-corrected chi connectivity index (χ4v) is 4.13. The van der Waals surface area contributed by atoms with Crippen molar-refractivity contribution in [3.8, 4) is 5.69 Å². The number of amides is 1. The molecule has 0 saturated carbocycles. The Labute approximate surface area is 166 Å². The summed E-state index contributed by atoms with van der Waals surface area (Å²) in [4.78, 5) is 14.1. The third-order valence-corrected chi connectivity index (χ3v) is 5.58. The summed E-state index contributed by atoms with van der Waals surface area (Å²) >= 11 is 1.40. The molecule has 3 aromatic rings. The molecule has 2 N–H and O–H groups in total. The lowest BCUT2D eigenvalue weighted by molar-refractivity contribution is 0.0960. The molecule has 0 aliphatic carbocycles. The Morgan fingerprint density at radius 3 is 2.85 bits per heavy atom. The van der Waals surface area contributed by atoms with Crippen molar-refractivity contribution < 1.29 is 9.18 Å². The summed E-state index contributed by atoms with van der Waals surface area (Å²) in [6, 6.07) is 8.07. The van der Waals surface area contributed by atoms with E-state index in [4.69, 9.17) is 0 Å². The molecule has 3 heterocycles. The molecule has 1 amide bonds. The Balaban J connectivity index is 0.00000210. The molecule has 0 unspecified atom stereocenters. The van der Waals surface area contributed by atoms with Gasteiger partial charge in [-0.15, -0.1) is 23.7 Å². The second kappa shape index (κ2) is 8.21. The lowest BCUT2D eigenvalue weighted by Crippen LogP contribution is -2.29. The highest BCUT2D eigenvalue weighted by atomic mass is 35.5. The normalized spacial score (nSPS) is 13.9. The number of rotatable bonds is 4. The maximum atomic E-state index is 13.2. The van der Waals surface area contributed by atoms with E-state index < -0.39 is 0 Å². The molecule has 27 heavy (non-hydrogen) atoms. The van der Waals surface area contributed by atoms with Crippen molar-refractivity contribution in [2.75, 3.05) is 19.6 Å². The molecule has 0 saturated heterocycles. The fourth-order valence-electron chi connectivity index (χ4n) is 3.03. The van der Waals surface area contributed by atoms with Crippen LogP contribution in [-0.2, 0) is 0 Å². The Morgan fingerprint density at radius 2 is 2.15 bits per heavy atom. The van der Waals surface area contributed by atoms with Gasteiger partial charge in [0.2, 0.25) is 0 Å². The molecule has 0 spiro atoms. The number of aromatic nitrogens is 2. The highest BCUT2D eigenvalue weighted by molar-refractivity contribution is 7.20. The molecule has 0 fully saturated rings. The van der Waals surface area contributed by atoms with Crippen LogP contribution >= 0.6 is 23.7 Å². The zero-order valence-electron chi connectivity index (χ0n) is 14.8. The number of nitrogens with zero attached hydrogens (tertiary/aromatic N) is 2. The number of aryl methyl sites for hydroxylation is 1. The number of thiophene rings is 1. The van der Waals surface area contributed by atoms with Gasteiger partial charge in [0.15, 0.2) is 0 Å². The van der Waals surface area contributed by atoms with E-state index in [2.05, 4.69) is 21.8 Å². The number of nitrogens with one attached hydrogen (secondary N) is 2. The maximum Gasteiger partial charge on any atom is 0.261 e. The molecule has 0 radical (unpaired) electrons. The van der Waals surface area contributed by atoms with E-state index in [1.807, 2.05) is 13.0 Å². The van der Waals surface area contributed by atoms with Crippen molar-refractivity contribution in [1.82, 2.24) is 20.4 Å². The van der Waals surface area contributed by atoms with Gasteiger partial charge in [0.1, 0.15) is 10.6 Å². The molecule has 142 valence electrons. The van der Waals surface area contributed by atoms with Gasteiger partial charge in [-0.05, 0) is 50.2 Å². The number of carbonyl (C=O) groups is 1. The number of fused-ring (bicyclic) bond motifs is 1. The van der Waals surface area contributed by atoms with E-state index in [-0.39, 0.29) is 24.1 Å².